The molecule has 0 aromatic heterocycles. The van der Waals surface area contributed by atoms with E-state index in [0.717, 1.165) is 4.47 Å². The van der Waals surface area contributed by atoms with Crippen molar-refractivity contribution in [3.05, 3.63) is 112 Å². The van der Waals surface area contributed by atoms with Gasteiger partial charge in [-0.1, -0.05) is 40.2 Å². The molecule has 0 atom stereocenters. The van der Waals surface area contributed by atoms with E-state index in [1.807, 2.05) is 0 Å². The van der Waals surface area contributed by atoms with Gasteiger partial charge in [-0.05, 0) is 60.7 Å². The van der Waals surface area contributed by atoms with Gasteiger partial charge in [0.1, 0.15) is 5.75 Å². The lowest BCUT2D eigenvalue weighted by Gasteiger charge is -2.14. The molecule has 0 heterocycles. The number of carbonyl (C=O) groups is 3. The molecule has 0 fully saturated rings. The summed E-state index contributed by atoms with van der Waals surface area (Å²) in [7, 11) is 4.38. The molecule has 0 spiro atoms. The summed E-state index contributed by atoms with van der Waals surface area (Å²) in [5.74, 6) is -0.207. The van der Waals surface area contributed by atoms with Crippen molar-refractivity contribution in [1.29, 1.82) is 0 Å². The maximum atomic E-state index is 13.0. The van der Waals surface area contributed by atoms with Gasteiger partial charge < -0.3 is 24.3 Å². The molecule has 2 N–H and O–H groups in total. The van der Waals surface area contributed by atoms with Crippen molar-refractivity contribution in [1.82, 2.24) is 5.43 Å². The van der Waals surface area contributed by atoms with Gasteiger partial charge in [-0.2, -0.15) is 5.10 Å². The SMILES string of the molecule is COc1cc(C(=O)Nc2cccc(C(=O)NN=Cc3cc(Br)ccc3OC(=O)c3ccccc3)c2)cc(OC)c1OC. The molecule has 0 unspecified atom stereocenters. The fourth-order valence-electron chi connectivity index (χ4n) is 3.82. The predicted molar refractivity (Wildman–Crippen MR) is 161 cm³/mol. The zero-order valence-corrected chi connectivity index (χ0v) is 24.4. The second-order valence-electron chi connectivity index (χ2n) is 8.59. The molecule has 4 aromatic carbocycles. The Labute approximate surface area is 250 Å². The third-order valence-electron chi connectivity index (χ3n) is 5.86. The molecule has 42 heavy (non-hydrogen) atoms. The molecule has 0 radical (unpaired) electrons. The van der Waals surface area contributed by atoms with E-state index >= 15 is 0 Å². The number of carbonyl (C=O) groups excluding carboxylic acids is 3. The summed E-state index contributed by atoms with van der Waals surface area (Å²) in [6, 6.07) is 23.0. The van der Waals surface area contributed by atoms with Crippen molar-refractivity contribution in [2.75, 3.05) is 26.6 Å². The van der Waals surface area contributed by atoms with Crippen LogP contribution in [0.4, 0.5) is 5.69 Å². The molecule has 0 aliphatic heterocycles. The van der Waals surface area contributed by atoms with Crippen molar-refractivity contribution in [3.8, 4) is 23.0 Å². The Bertz CT molecular complexity index is 1620. The third kappa shape index (κ3) is 7.32. The van der Waals surface area contributed by atoms with Gasteiger partial charge in [-0.3, -0.25) is 9.59 Å². The van der Waals surface area contributed by atoms with Crippen LogP contribution < -0.4 is 29.7 Å². The zero-order chi connectivity index (χ0) is 30.1. The Morgan fingerprint density at radius 1 is 0.714 bits per heavy atom. The van der Waals surface area contributed by atoms with E-state index in [1.54, 1.807) is 66.7 Å². The Hall–Kier alpha value is -5.16. The van der Waals surface area contributed by atoms with Crippen LogP contribution in [0.15, 0.2) is 94.5 Å². The van der Waals surface area contributed by atoms with Gasteiger partial charge >= 0.3 is 5.97 Å². The van der Waals surface area contributed by atoms with Crippen molar-refractivity contribution >= 4 is 45.6 Å². The number of ether oxygens (including phenoxy) is 4. The molecule has 214 valence electrons. The van der Waals surface area contributed by atoms with Crippen LogP contribution in [0, 0.1) is 0 Å². The average molecular weight is 632 g/mol. The predicted octanol–water partition coefficient (Wildman–Crippen LogP) is 5.71. The van der Waals surface area contributed by atoms with Gasteiger partial charge in [0.2, 0.25) is 5.75 Å². The summed E-state index contributed by atoms with van der Waals surface area (Å²) in [6.45, 7) is 0. The number of methoxy groups -OCH3 is 3. The number of hydrogen-bond acceptors (Lipinski definition) is 8. The van der Waals surface area contributed by atoms with Crippen LogP contribution in [0.5, 0.6) is 23.0 Å². The molecule has 0 saturated carbocycles. The normalized spacial score (nSPS) is 10.6. The van der Waals surface area contributed by atoms with Crippen LogP contribution in [0.3, 0.4) is 0 Å². The third-order valence-corrected chi connectivity index (χ3v) is 6.36. The molecule has 0 saturated heterocycles. The summed E-state index contributed by atoms with van der Waals surface area (Å²) < 4.78 is 22.2. The number of esters is 1. The number of hydrogen-bond donors (Lipinski definition) is 2. The molecule has 10 nitrogen and oxygen atoms in total. The molecule has 0 aliphatic carbocycles. The number of rotatable bonds is 10. The van der Waals surface area contributed by atoms with Crippen LogP contribution >= 0.6 is 15.9 Å². The van der Waals surface area contributed by atoms with E-state index in [1.165, 1.54) is 45.7 Å². The van der Waals surface area contributed by atoms with Crippen LogP contribution in [-0.4, -0.2) is 45.3 Å². The summed E-state index contributed by atoms with van der Waals surface area (Å²) in [6.07, 6.45) is 1.37. The quantitative estimate of drug-likeness (QED) is 0.0994. The summed E-state index contributed by atoms with van der Waals surface area (Å²) >= 11 is 3.39. The molecule has 2 amide bonds. The largest absolute Gasteiger partial charge is 0.493 e. The van der Waals surface area contributed by atoms with E-state index in [0.29, 0.717) is 34.1 Å². The van der Waals surface area contributed by atoms with Gasteiger partial charge in [0.25, 0.3) is 11.8 Å². The van der Waals surface area contributed by atoms with Crippen molar-refractivity contribution in [3.63, 3.8) is 0 Å². The molecule has 0 aliphatic rings. The topological polar surface area (TPSA) is 125 Å². The lowest BCUT2D eigenvalue weighted by molar-refractivity contribution is 0.0733. The first-order chi connectivity index (χ1) is 20.3. The fraction of sp³-hybridized carbons (Fsp3) is 0.0968. The van der Waals surface area contributed by atoms with Crippen molar-refractivity contribution < 1.29 is 33.3 Å². The Kier molecular flexibility index (Phi) is 9.90. The van der Waals surface area contributed by atoms with Crippen LogP contribution in [0.25, 0.3) is 0 Å². The first-order valence-corrected chi connectivity index (χ1v) is 13.2. The first-order valence-electron chi connectivity index (χ1n) is 12.4. The second-order valence-corrected chi connectivity index (χ2v) is 9.50. The minimum Gasteiger partial charge on any atom is -0.493 e. The number of benzene rings is 4. The smallest absolute Gasteiger partial charge is 0.343 e. The van der Waals surface area contributed by atoms with Crippen molar-refractivity contribution in [2.24, 2.45) is 5.10 Å². The van der Waals surface area contributed by atoms with Crippen molar-refractivity contribution in [2.45, 2.75) is 0 Å². The maximum Gasteiger partial charge on any atom is 0.343 e. The van der Waals surface area contributed by atoms with Crippen LogP contribution in [0.2, 0.25) is 0 Å². The first kappa shape index (κ1) is 29.8. The Balaban J connectivity index is 1.45. The fourth-order valence-corrected chi connectivity index (χ4v) is 4.20. The monoisotopic (exact) mass is 631 g/mol. The number of amides is 2. The molecule has 4 rings (SSSR count). The number of halogens is 1. The van der Waals surface area contributed by atoms with E-state index < -0.39 is 17.8 Å². The highest BCUT2D eigenvalue weighted by Gasteiger charge is 2.18. The second kappa shape index (κ2) is 14.0. The van der Waals surface area contributed by atoms with Gasteiger partial charge in [-0.25, -0.2) is 10.2 Å². The lowest BCUT2D eigenvalue weighted by Crippen LogP contribution is -2.18. The summed E-state index contributed by atoms with van der Waals surface area (Å²) in [5.41, 5.74) is 4.20. The molecule has 0 bridgehead atoms. The highest BCUT2D eigenvalue weighted by Crippen LogP contribution is 2.38. The highest BCUT2D eigenvalue weighted by atomic mass is 79.9. The molecular formula is C31H26BrN3O7. The number of hydrazone groups is 1. The Morgan fingerprint density at radius 3 is 2.07 bits per heavy atom. The number of nitrogens with one attached hydrogen (secondary N) is 2. The van der Waals surface area contributed by atoms with Gasteiger partial charge in [0, 0.05) is 26.9 Å². The minimum absolute atomic E-state index is 0.250. The maximum absolute atomic E-state index is 13.0. The van der Waals surface area contributed by atoms with E-state index in [4.69, 9.17) is 18.9 Å². The van der Waals surface area contributed by atoms with Gasteiger partial charge in [0.15, 0.2) is 11.5 Å². The standard InChI is InChI=1S/C31H26BrN3O7/c1-39-26-16-21(17-27(40-2)28(26)41-3)29(36)34-24-11-7-10-20(15-24)30(37)35-33-18-22-14-23(32)12-13-25(22)42-31(38)19-8-5-4-6-9-19/h4-18H,1-3H3,(H,34,36)(H,35,37). The van der Waals surface area contributed by atoms with Crippen LogP contribution in [-0.2, 0) is 0 Å². The van der Waals surface area contributed by atoms with E-state index in [-0.39, 0.29) is 16.9 Å². The van der Waals surface area contributed by atoms with Gasteiger partial charge in [-0.15, -0.1) is 0 Å². The van der Waals surface area contributed by atoms with E-state index in [9.17, 15) is 14.4 Å². The molecular weight excluding hydrogens is 606 g/mol. The van der Waals surface area contributed by atoms with E-state index in [2.05, 4.69) is 31.8 Å². The number of anilines is 1. The molecule has 4 aromatic rings. The number of nitrogens with zero attached hydrogens (tertiary/aromatic N) is 1. The average Bonchev–Trinajstić information content (AvgIpc) is 3.01. The van der Waals surface area contributed by atoms with Crippen LogP contribution in [0.1, 0.15) is 36.6 Å². The van der Waals surface area contributed by atoms with Gasteiger partial charge in [0.05, 0.1) is 33.1 Å². The minimum atomic E-state index is -0.526. The highest BCUT2D eigenvalue weighted by molar-refractivity contribution is 9.10. The zero-order valence-electron chi connectivity index (χ0n) is 22.8. The lowest BCUT2D eigenvalue weighted by atomic mass is 10.1. The summed E-state index contributed by atoms with van der Waals surface area (Å²) in [4.78, 5) is 38.3. The summed E-state index contributed by atoms with van der Waals surface area (Å²) in [5, 5.41) is 6.79. The Morgan fingerprint density at radius 2 is 1.40 bits per heavy atom. The molecule has 11 heteroatoms.